The number of esters is 1. The molecule has 2 aromatic carbocycles. The normalized spacial score (nSPS) is 13.3. The predicted octanol–water partition coefficient (Wildman–Crippen LogP) is 3.60. The van der Waals surface area contributed by atoms with E-state index in [9.17, 15) is 18.8 Å². The number of rotatable bonds is 5. The van der Waals surface area contributed by atoms with E-state index in [2.05, 4.69) is 0 Å². The van der Waals surface area contributed by atoms with Gasteiger partial charge in [0.1, 0.15) is 10.7 Å². The van der Waals surface area contributed by atoms with Gasteiger partial charge in [0.15, 0.2) is 6.73 Å². The van der Waals surface area contributed by atoms with Crippen molar-refractivity contribution < 1.29 is 28.2 Å². The molecular weight excluding hydrogens is 385 g/mol. The van der Waals surface area contributed by atoms with E-state index in [1.165, 1.54) is 13.2 Å². The summed E-state index contributed by atoms with van der Waals surface area (Å²) in [5.41, 5.74) is 0.924. The third-order valence-electron chi connectivity index (χ3n) is 4.44. The Hall–Kier alpha value is -3.10. The van der Waals surface area contributed by atoms with Gasteiger partial charge in [0.25, 0.3) is 11.8 Å². The summed E-state index contributed by atoms with van der Waals surface area (Å²) >= 11 is 1.07. The summed E-state index contributed by atoms with van der Waals surface area (Å²) in [5.74, 6) is -2.25. The van der Waals surface area contributed by atoms with Crippen molar-refractivity contribution in [2.45, 2.75) is 6.61 Å². The summed E-state index contributed by atoms with van der Waals surface area (Å²) < 4.78 is 25.1. The maximum absolute atomic E-state index is 14.2. The van der Waals surface area contributed by atoms with Crippen LogP contribution in [0.25, 0.3) is 10.1 Å². The van der Waals surface area contributed by atoms with E-state index >= 15 is 0 Å². The van der Waals surface area contributed by atoms with Crippen LogP contribution in [-0.4, -0.2) is 36.5 Å². The van der Waals surface area contributed by atoms with E-state index in [0.717, 1.165) is 16.2 Å². The summed E-state index contributed by atoms with van der Waals surface area (Å²) in [6.07, 6.45) is 0. The van der Waals surface area contributed by atoms with Gasteiger partial charge in [-0.1, -0.05) is 18.2 Å². The van der Waals surface area contributed by atoms with Crippen molar-refractivity contribution in [3.8, 4) is 0 Å². The van der Waals surface area contributed by atoms with Crippen LogP contribution < -0.4 is 0 Å². The average molecular weight is 399 g/mol. The molecule has 2 heterocycles. The van der Waals surface area contributed by atoms with E-state index in [1.807, 2.05) is 0 Å². The first kappa shape index (κ1) is 18.3. The molecule has 0 aliphatic carbocycles. The number of carbonyl (C=O) groups excluding carboxylic acids is 3. The van der Waals surface area contributed by atoms with Gasteiger partial charge >= 0.3 is 5.97 Å². The molecule has 2 amide bonds. The van der Waals surface area contributed by atoms with E-state index in [-0.39, 0.29) is 22.6 Å². The number of amides is 2. The van der Waals surface area contributed by atoms with E-state index < -0.39 is 30.3 Å². The first-order valence-corrected chi connectivity index (χ1v) is 9.15. The maximum atomic E-state index is 14.2. The van der Waals surface area contributed by atoms with Crippen LogP contribution >= 0.6 is 11.3 Å². The fourth-order valence-corrected chi connectivity index (χ4v) is 4.28. The lowest BCUT2D eigenvalue weighted by molar-refractivity contribution is 0.0229. The van der Waals surface area contributed by atoms with Gasteiger partial charge in [-0.25, -0.2) is 14.1 Å². The Kier molecular flexibility index (Phi) is 4.66. The van der Waals surface area contributed by atoms with Crippen molar-refractivity contribution in [1.29, 1.82) is 0 Å². The van der Waals surface area contributed by atoms with Crippen molar-refractivity contribution in [3.63, 3.8) is 0 Å². The van der Waals surface area contributed by atoms with Crippen LogP contribution in [0.4, 0.5) is 4.39 Å². The van der Waals surface area contributed by atoms with Gasteiger partial charge in [0, 0.05) is 22.8 Å². The van der Waals surface area contributed by atoms with Crippen LogP contribution in [0.2, 0.25) is 0 Å². The molecule has 0 saturated heterocycles. The number of carbonyl (C=O) groups is 3. The van der Waals surface area contributed by atoms with Crippen molar-refractivity contribution >= 4 is 39.2 Å². The Morgan fingerprint density at radius 3 is 2.39 bits per heavy atom. The number of thiophene rings is 1. The van der Waals surface area contributed by atoms with Crippen LogP contribution in [0, 0.1) is 5.82 Å². The molecule has 0 spiro atoms. The molecule has 0 radical (unpaired) electrons. The second kappa shape index (κ2) is 7.14. The SMILES string of the molecule is COCc1c(C(=O)OCN2C(=O)c3ccccc3C2=O)sc2cccc(F)c12. The van der Waals surface area contributed by atoms with E-state index in [4.69, 9.17) is 9.47 Å². The number of benzene rings is 2. The molecule has 6 nitrogen and oxygen atoms in total. The topological polar surface area (TPSA) is 72.9 Å². The summed E-state index contributed by atoms with van der Waals surface area (Å²) in [6, 6.07) is 11.0. The highest BCUT2D eigenvalue weighted by molar-refractivity contribution is 7.21. The Morgan fingerprint density at radius 2 is 1.75 bits per heavy atom. The Balaban J connectivity index is 1.58. The monoisotopic (exact) mass is 399 g/mol. The standard InChI is InChI=1S/C20H14FNO5S/c1-26-9-13-16-14(21)7-4-8-15(16)28-17(13)20(25)27-10-22-18(23)11-5-2-3-6-12(11)19(22)24/h2-8H,9-10H2,1H3. The second-order valence-electron chi connectivity index (χ2n) is 6.10. The fraction of sp³-hybridized carbons (Fsp3) is 0.150. The minimum atomic E-state index is -0.746. The molecule has 0 saturated carbocycles. The Bertz CT molecular complexity index is 1090. The number of halogens is 1. The molecule has 0 atom stereocenters. The Labute approximate surface area is 163 Å². The van der Waals surface area contributed by atoms with E-state index in [1.54, 1.807) is 36.4 Å². The molecule has 0 fully saturated rings. The zero-order valence-electron chi connectivity index (χ0n) is 14.7. The highest BCUT2D eigenvalue weighted by Gasteiger charge is 2.36. The molecule has 142 valence electrons. The number of nitrogens with zero attached hydrogens (tertiary/aromatic N) is 1. The summed E-state index contributed by atoms with van der Waals surface area (Å²) in [5, 5.41) is 0.307. The van der Waals surface area contributed by atoms with Gasteiger partial charge in [-0.3, -0.25) is 9.59 Å². The molecule has 3 aromatic rings. The van der Waals surface area contributed by atoms with Gasteiger partial charge in [-0.15, -0.1) is 11.3 Å². The van der Waals surface area contributed by atoms with Crippen LogP contribution in [0.1, 0.15) is 36.0 Å². The Morgan fingerprint density at radius 1 is 1.07 bits per heavy atom. The third kappa shape index (κ3) is 2.87. The number of fused-ring (bicyclic) bond motifs is 2. The van der Waals surface area contributed by atoms with Gasteiger partial charge in [-0.05, 0) is 24.3 Å². The lowest BCUT2D eigenvalue weighted by Gasteiger charge is -2.14. The first-order valence-electron chi connectivity index (χ1n) is 8.34. The molecule has 1 aromatic heterocycles. The first-order chi connectivity index (χ1) is 13.5. The van der Waals surface area contributed by atoms with Crippen LogP contribution in [0.15, 0.2) is 42.5 Å². The van der Waals surface area contributed by atoms with Crippen molar-refractivity contribution in [1.82, 2.24) is 4.90 Å². The van der Waals surface area contributed by atoms with Gasteiger partial charge in [0.2, 0.25) is 0 Å². The number of methoxy groups -OCH3 is 1. The largest absolute Gasteiger partial charge is 0.439 e. The number of hydrogen-bond acceptors (Lipinski definition) is 6. The number of ether oxygens (including phenoxy) is 2. The van der Waals surface area contributed by atoms with E-state index in [0.29, 0.717) is 15.6 Å². The average Bonchev–Trinajstić information content (AvgIpc) is 3.18. The molecule has 1 aliphatic rings. The highest BCUT2D eigenvalue weighted by Crippen LogP contribution is 2.34. The predicted molar refractivity (Wildman–Crippen MR) is 99.7 cm³/mol. The summed E-state index contributed by atoms with van der Waals surface area (Å²) in [4.78, 5) is 38.4. The van der Waals surface area contributed by atoms with Crippen molar-refractivity contribution in [3.05, 3.63) is 69.8 Å². The minimum absolute atomic E-state index is 0.0262. The highest BCUT2D eigenvalue weighted by atomic mass is 32.1. The van der Waals surface area contributed by atoms with Crippen molar-refractivity contribution in [2.75, 3.05) is 13.8 Å². The zero-order valence-corrected chi connectivity index (χ0v) is 15.5. The summed E-state index contributed by atoms with van der Waals surface area (Å²) in [6.45, 7) is -0.493. The molecule has 0 unspecified atom stereocenters. The zero-order chi connectivity index (χ0) is 19.8. The minimum Gasteiger partial charge on any atom is -0.439 e. The number of imide groups is 1. The van der Waals surface area contributed by atoms with Crippen LogP contribution in [0.5, 0.6) is 0 Å². The van der Waals surface area contributed by atoms with Gasteiger partial charge < -0.3 is 9.47 Å². The molecular formula is C20H14FNO5S. The maximum Gasteiger partial charge on any atom is 0.350 e. The number of hydrogen-bond donors (Lipinski definition) is 0. The molecule has 0 bridgehead atoms. The summed E-state index contributed by atoms with van der Waals surface area (Å²) in [7, 11) is 1.44. The van der Waals surface area contributed by atoms with Gasteiger partial charge in [-0.2, -0.15) is 0 Å². The van der Waals surface area contributed by atoms with Gasteiger partial charge in [0.05, 0.1) is 17.7 Å². The molecule has 4 rings (SSSR count). The third-order valence-corrected chi connectivity index (χ3v) is 5.62. The molecule has 1 aliphatic heterocycles. The van der Waals surface area contributed by atoms with Crippen LogP contribution in [0.3, 0.4) is 0 Å². The molecule has 0 N–H and O–H groups in total. The molecule has 8 heteroatoms. The van der Waals surface area contributed by atoms with Crippen molar-refractivity contribution in [2.24, 2.45) is 0 Å². The quantitative estimate of drug-likeness (QED) is 0.484. The smallest absolute Gasteiger partial charge is 0.350 e. The van der Waals surface area contributed by atoms with Crippen LogP contribution in [-0.2, 0) is 16.1 Å². The molecule has 28 heavy (non-hydrogen) atoms. The lowest BCUT2D eigenvalue weighted by atomic mass is 10.1. The second-order valence-corrected chi connectivity index (χ2v) is 7.15. The lowest BCUT2D eigenvalue weighted by Crippen LogP contribution is -2.33. The fourth-order valence-electron chi connectivity index (χ4n) is 3.16.